The monoisotopic (exact) mass is 445 g/mol. The number of carbonyl (C=O) groups is 2. The van der Waals surface area contributed by atoms with Crippen LogP contribution in [0.4, 0.5) is 5.69 Å². The summed E-state index contributed by atoms with van der Waals surface area (Å²) in [6.45, 7) is 5.20. The molecule has 1 amide bonds. The summed E-state index contributed by atoms with van der Waals surface area (Å²) in [7, 11) is 3.01. The molecular weight excluding hydrogens is 422 g/mol. The van der Waals surface area contributed by atoms with Crippen LogP contribution in [0, 0.1) is 6.92 Å². The van der Waals surface area contributed by atoms with E-state index in [0.717, 1.165) is 11.3 Å². The Balaban J connectivity index is 1.95. The van der Waals surface area contributed by atoms with Crippen molar-refractivity contribution in [2.45, 2.75) is 26.8 Å². The van der Waals surface area contributed by atoms with Crippen molar-refractivity contribution in [2.24, 2.45) is 0 Å². The third-order valence-corrected chi connectivity index (χ3v) is 5.98. The molecule has 1 atom stereocenters. The van der Waals surface area contributed by atoms with Gasteiger partial charge in [-0.05, 0) is 38.5 Å². The summed E-state index contributed by atoms with van der Waals surface area (Å²) < 4.78 is 16.8. The van der Waals surface area contributed by atoms with Gasteiger partial charge in [-0.25, -0.2) is 9.78 Å². The molecule has 2 heterocycles. The fourth-order valence-electron chi connectivity index (χ4n) is 3.08. The van der Waals surface area contributed by atoms with Crippen molar-refractivity contribution in [1.29, 1.82) is 0 Å². The molecule has 3 aromatic rings. The van der Waals surface area contributed by atoms with Gasteiger partial charge < -0.3 is 19.5 Å². The number of thiophene rings is 1. The molecule has 0 bridgehead atoms. The van der Waals surface area contributed by atoms with E-state index in [2.05, 4.69) is 10.3 Å². The molecule has 1 unspecified atom stereocenters. The number of hydrogen-bond donors (Lipinski definition) is 1. The van der Waals surface area contributed by atoms with Crippen molar-refractivity contribution < 1.29 is 23.8 Å². The summed E-state index contributed by atoms with van der Waals surface area (Å²) >= 11 is 1.10. The number of nitrogens with zero attached hydrogens (tertiary/aromatic N) is 2. The molecule has 0 aliphatic heterocycles. The van der Waals surface area contributed by atoms with Crippen LogP contribution in [0.2, 0.25) is 0 Å². The van der Waals surface area contributed by atoms with Crippen LogP contribution in [0.15, 0.2) is 29.3 Å². The number of nitrogens with one attached hydrogen (secondary N) is 1. The van der Waals surface area contributed by atoms with Gasteiger partial charge in [0.1, 0.15) is 27.2 Å². The molecule has 0 saturated carbocycles. The maximum atomic E-state index is 13.1. The Bertz CT molecular complexity index is 1200. The third kappa shape index (κ3) is 4.24. The lowest BCUT2D eigenvalue weighted by Gasteiger charge is -2.17. The topological polar surface area (TPSA) is 109 Å². The molecule has 164 valence electrons. The lowest BCUT2D eigenvalue weighted by molar-refractivity contribution is -0.118. The van der Waals surface area contributed by atoms with Crippen molar-refractivity contribution in [3.63, 3.8) is 0 Å². The Labute approximate surface area is 182 Å². The number of amides is 1. The van der Waals surface area contributed by atoms with Gasteiger partial charge in [0.2, 0.25) is 5.91 Å². The number of benzene rings is 1. The van der Waals surface area contributed by atoms with Crippen LogP contribution in [-0.2, 0) is 9.53 Å². The fraction of sp³-hybridized carbons (Fsp3) is 0.333. The van der Waals surface area contributed by atoms with Crippen molar-refractivity contribution in [1.82, 2.24) is 9.55 Å². The highest BCUT2D eigenvalue weighted by atomic mass is 32.1. The first-order chi connectivity index (χ1) is 14.8. The van der Waals surface area contributed by atoms with Gasteiger partial charge in [0.05, 0.1) is 38.2 Å². The Morgan fingerprint density at radius 3 is 2.65 bits per heavy atom. The second kappa shape index (κ2) is 9.17. The number of methoxy groups -OCH3 is 2. The molecule has 1 N–H and O–H groups in total. The minimum Gasteiger partial charge on any atom is -0.497 e. The first-order valence-electron chi connectivity index (χ1n) is 9.52. The summed E-state index contributed by atoms with van der Waals surface area (Å²) in [5.74, 6) is 0.0672. The zero-order chi connectivity index (χ0) is 22.7. The van der Waals surface area contributed by atoms with Gasteiger partial charge in [0.15, 0.2) is 0 Å². The third-order valence-electron chi connectivity index (χ3n) is 4.80. The highest BCUT2D eigenvalue weighted by molar-refractivity contribution is 7.20. The van der Waals surface area contributed by atoms with Crippen LogP contribution in [0.25, 0.3) is 10.2 Å². The van der Waals surface area contributed by atoms with Crippen LogP contribution in [-0.4, -0.2) is 42.3 Å². The minimum absolute atomic E-state index is 0.231. The van der Waals surface area contributed by atoms with Gasteiger partial charge in [0.25, 0.3) is 5.56 Å². The SMILES string of the molecule is CCOC(=O)c1sc2ncn(C(C)C(=O)Nc3cc(OC)ccc3OC)c(=O)c2c1C. The number of hydrogen-bond acceptors (Lipinski definition) is 8. The van der Waals surface area contributed by atoms with Gasteiger partial charge in [-0.1, -0.05) is 0 Å². The lowest BCUT2D eigenvalue weighted by Crippen LogP contribution is -2.32. The first kappa shape index (κ1) is 22.3. The smallest absolute Gasteiger partial charge is 0.348 e. The van der Waals surface area contributed by atoms with E-state index < -0.39 is 23.5 Å². The summed E-state index contributed by atoms with van der Waals surface area (Å²) in [5, 5.41) is 3.06. The van der Waals surface area contributed by atoms with E-state index in [0.29, 0.717) is 37.8 Å². The summed E-state index contributed by atoms with van der Waals surface area (Å²) in [6, 6.07) is 4.14. The molecule has 0 saturated heterocycles. The zero-order valence-corrected chi connectivity index (χ0v) is 18.7. The van der Waals surface area contributed by atoms with E-state index in [9.17, 15) is 14.4 Å². The molecule has 1 aromatic carbocycles. The van der Waals surface area contributed by atoms with E-state index in [1.807, 2.05) is 0 Å². The first-order valence-corrected chi connectivity index (χ1v) is 10.3. The molecule has 10 heteroatoms. The van der Waals surface area contributed by atoms with E-state index in [1.54, 1.807) is 39.0 Å². The van der Waals surface area contributed by atoms with Crippen LogP contribution in [0.5, 0.6) is 11.5 Å². The van der Waals surface area contributed by atoms with Gasteiger partial charge in [-0.15, -0.1) is 11.3 Å². The van der Waals surface area contributed by atoms with Crippen LogP contribution in [0.1, 0.15) is 35.1 Å². The quantitative estimate of drug-likeness (QED) is 0.557. The molecular formula is C21H23N3O6S. The minimum atomic E-state index is -0.870. The van der Waals surface area contributed by atoms with Crippen LogP contribution < -0.4 is 20.3 Å². The van der Waals surface area contributed by atoms with E-state index >= 15 is 0 Å². The fourth-order valence-corrected chi connectivity index (χ4v) is 4.11. The van der Waals surface area contributed by atoms with Crippen molar-refractivity contribution in [3.05, 3.63) is 45.3 Å². The van der Waals surface area contributed by atoms with Crippen molar-refractivity contribution in [3.8, 4) is 11.5 Å². The Kier molecular flexibility index (Phi) is 6.59. The average Bonchev–Trinajstić information content (AvgIpc) is 3.11. The maximum absolute atomic E-state index is 13.1. The summed E-state index contributed by atoms with van der Waals surface area (Å²) in [5.41, 5.74) is 0.499. The molecule has 3 rings (SSSR count). The normalized spacial score (nSPS) is 11.8. The highest BCUT2D eigenvalue weighted by Crippen LogP contribution is 2.30. The average molecular weight is 445 g/mol. The molecule has 0 radical (unpaired) electrons. The van der Waals surface area contributed by atoms with Gasteiger partial charge in [-0.3, -0.25) is 14.2 Å². The number of ether oxygens (including phenoxy) is 3. The van der Waals surface area contributed by atoms with Crippen molar-refractivity contribution in [2.75, 3.05) is 26.1 Å². The maximum Gasteiger partial charge on any atom is 0.348 e. The van der Waals surface area contributed by atoms with E-state index in [-0.39, 0.29) is 6.61 Å². The standard InChI is InChI=1S/C21H23N3O6S/c1-6-30-21(27)17-11(2)16-19(31-17)22-10-24(20(16)26)12(3)18(25)23-14-9-13(28-4)7-8-15(14)29-5/h7-10,12H,6H2,1-5H3,(H,23,25). The molecule has 9 nitrogen and oxygen atoms in total. The largest absolute Gasteiger partial charge is 0.497 e. The molecule has 31 heavy (non-hydrogen) atoms. The Morgan fingerprint density at radius 1 is 1.26 bits per heavy atom. The van der Waals surface area contributed by atoms with Crippen LogP contribution >= 0.6 is 11.3 Å². The molecule has 0 fully saturated rings. The molecule has 0 aliphatic rings. The lowest BCUT2D eigenvalue weighted by atomic mass is 10.2. The van der Waals surface area contributed by atoms with Gasteiger partial charge >= 0.3 is 5.97 Å². The van der Waals surface area contributed by atoms with Gasteiger partial charge in [-0.2, -0.15) is 0 Å². The van der Waals surface area contributed by atoms with E-state index in [4.69, 9.17) is 14.2 Å². The number of carbonyl (C=O) groups excluding carboxylic acids is 2. The predicted molar refractivity (Wildman–Crippen MR) is 117 cm³/mol. The second-order valence-electron chi connectivity index (χ2n) is 6.65. The Morgan fingerprint density at radius 2 is 2.00 bits per heavy atom. The number of aryl methyl sites for hydroxylation is 1. The summed E-state index contributed by atoms with van der Waals surface area (Å²) in [4.78, 5) is 43.2. The van der Waals surface area contributed by atoms with Gasteiger partial charge in [0, 0.05) is 6.07 Å². The zero-order valence-electron chi connectivity index (χ0n) is 17.8. The summed E-state index contributed by atoms with van der Waals surface area (Å²) in [6.07, 6.45) is 1.31. The van der Waals surface area contributed by atoms with Crippen LogP contribution in [0.3, 0.4) is 0 Å². The van der Waals surface area contributed by atoms with Crippen molar-refractivity contribution >= 4 is 39.1 Å². The number of rotatable bonds is 7. The number of aromatic nitrogens is 2. The number of anilines is 1. The Hall–Kier alpha value is -3.40. The number of esters is 1. The second-order valence-corrected chi connectivity index (χ2v) is 7.64. The molecule has 0 spiro atoms. The molecule has 2 aromatic heterocycles. The van der Waals surface area contributed by atoms with E-state index in [1.165, 1.54) is 25.1 Å². The molecule has 0 aliphatic carbocycles. The number of fused-ring (bicyclic) bond motifs is 1. The highest BCUT2D eigenvalue weighted by Gasteiger charge is 2.24. The predicted octanol–water partition coefficient (Wildman–Crippen LogP) is 3.16.